The van der Waals surface area contributed by atoms with E-state index in [-0.39, 0.29) is 30.3 Å². The number of ether oxygens (including phenoxy) is 3. The quantitative estimate of drug-likeness (QED) is 0.232. The summed E-state index contributed by atoms with van der Waals surface area (Å²) in [4.78, 5) is 52.8. The van der Waals surface area contributed by atoms with Crippen molar-refractivity contribution in [2.75, 3.05) is 27.3 Å². The molecule has 0 bridgehead atoms. The van der Waals surface area contributed by atoms with Crippen LogP contribution < -0.4 is 14.8 Å². The van der Waals surface area contributed by atoms with Gasteiger partial charge >= 0.3 is 5.97 Å². The van der Waals surface area contributed by atoms with E-state index in [1.807, 2.05) is 38.2 Å². The third-order valence-corrected chi connectivity index (χ3v) is 10.9. The van der Waals surface area contributed by atoms with Crippen LogP contribution in [0.5, 0.6) is 11.5 Å². The lowest BCUT2D eigenvalue weighted by Crippen LogP contribution is -2.50. The number of rotatable bonds is 7. The van der Waals surface area contributed by atoms with Gasteiger partial charge in [-0.1, -0.05) is 26.0 Å². The number of fused-ring (bicyclic) bond motifs is 3. The number of allylic oxidation sites excluding steroid dienone is 1. The minimum absolute atomic E-state index is 0.0729. The molecule has 1 aromatic carbocycles. The summed E-state index contributed by atoms with van der Waals surface area (Å²) in [6.07, 6.45) is 7.52. The van der Waals surface area contributed by atoms with Gasteiger partial charge in [0.25, 0.3) is 0 Å². The molecular weight excluding hydrogens is 628 g/mol. The highest BCUT2D eigenvalue weighted by molar-refractivity contribution is 7.13. The average molecular weight is 675 g/mol. The number of nitrogens with one attached hydrogen (secondary N) is 1. The van der Waals surface area contributed by atoms with E-state index >= 15 is 0 Å². The Balaban J connectivity index is 1.34. The molecule has 256 valence electrons. The molecule has 3 heterocycles. The second-order valence-corrected chi connectivity index (χ2v) is 14.5. The maximum absolute atomic E-state index is 14.1. The van der Waals surface area contributed by atoms with Crippen LogP contribution in [0, 0.1) is 24.7 Å². The zero-order valence-corrected chi connectivity index (χ0v) is 29.5. The number of methoxy groups -OCH3 is 1. The largest absolute Gasteiger partial charge is 0.496 e. The molecular formula is C37H46N4O6S. The fraction of sp³-hybridized carbons (Fsp3) is 0.541. The molecule has 2 saturated carbocycles. The Morgan fingerprint density at radius 1 is 1.15 bits per heavy atom. The minimum atomic E-state index is -1.10. The fourth-order valence-electron chi connectivity index (χ4n) is 7.09. The summed E-state index contributed by atoms with van der Waals surface area (Å²) in [6.45, 7) is 8.80. The number of hydrogen-bond acceptors (Lipinski definition) is 9. The molecule has 11 heteroatoms. The predicted molar refractivity (Wildman–Crippen MR) is 185 cm³/mol. The average Bonchev–Trinajstić information content (AvgIpc) is 3.37. The lowest BCUT2D eigenvalue weighted by molar-refractivity contribution is -0.150. The zero-order chi connectivity index (χ0) is 34.2. The number of carbonyl (C=O) groups excluding carboxylic acids is 3. The normalized spacial score (nSPS) is 26.8. The highest BCUT2D eigenvalue weighted by atomic mass is 32.1. The number of carbonyl (C=O) groups is 3. The van der Waals surface area contributed by atoms with Gasteiger partial charge in [-0.3, -0.25) is 9.59 Å². The smallest absolute Gasteiger partial charge is 0.332 e. The number of thiazole rings is 1. The summed E-state index contributed by atoms with van der Waals surface area (Å²) in [5, 5.41) is 6.73. The van der Waals surface area contributed by atoms with Crippen LogP contribution >= 0.6 is 11.3 Å². The Morgan fingerprint density at radius 2 is 1.94 bits per heavy atom. The molecule has 3 aliphatic rings. The Morgan fingerprint density at radius 3 is 2.67 bits per heavy atom. The van der Waals surface area contributed by atoms with E-state index in [1.165, 1.54) is 0 Å². The molecule has 1 aliphatic heterocycles. The first-order valence-electron chi connectivity index (χ1n) is 17.1. The summed E-state index contributed by atoms with van der Waals surface area (Å²) in [5.41, 5.74) is 2.23. The topological polar surface area (TPSA) is 120 Å². The Hall–Kier alpha value is -3.99. The summed E-state index contributed by atoms with van der Waals surface area (Å²) >= 11 is 1.54. The van der Waals surface area contributed by atoms with Gasteiger partial charge in [-0.25, -0.2) is 14.8 Å². The summed E-state index contributed by atoms with van der Waals surface area (Å²) in [7, 11) is 3.45. The van der Waals surface area contributed by atoms with Crippen molar-refractivity contribution < 1.29 is 28.6 Å². The van der Waals surface area contributed by atoms with Gasteiger partial charge in [0.2, 0.25) is 11.8 Å². The number of hydrogen-bond donors (Lipinski definition) is 1. The van der Waals surface area contributed by atoms with Crippen molar-refractivity contribution in [2.45, 2.75) is 83.8 Å². The van der Waals surface area contributed by atoms with E-state index in [0.29, 0.717) is 37.3 Å². The van der Waals surface area contributed by atoms with Gasteiger partial charge in [0.05, 0.1) is 36.8 Å². The molecule has 1 N–H and O–H groups in total. The van der Waals surface area contributed by atoms with Crippen LogP contribution in [-0.2, 0) is 19.1 Å². The molecule has 2 aromatic heterocycles. The number of nitrogens with zero attached hydrogens (tertiary/aromatic N) is 3. The number of aromatic nitrogens is 2. The van der Waals surface area contributed by atoms with Crippen molar-refractivity contribution in [3.05, 3.63) is 47.0 Å². The van der Waals surface area contributed by atoms with E-state index < -0.39 is 29.4 Å². The second kappa shape index (κ2) is 13.9. The standard InChI is InChI=1S/C37H46N4O6S/c1-7-46-36(44)37-19-23(37)12-10-8-9-11-15-41(5)35(43)27-17-24(16-26(27)33(42)40-37)47-31-18-28(34-39-29(20-48-34)21(2)3)38-32-22(4)30(45-6)14-13-25(31)32/h10,12-14,18,20-21,23-24,26-27H,7-9,11,15-17,19H2,1-6H3,(H,40,42)/b12-10-/t23?,24-,26?,27-,37?/m1/s1. The maximum atomic E-state index is 14.1. The molecule has 5 atom stereocenters. The van der Waals surface area contributed by atoms with Crippen LogP contribution in [0.15, 0.2) is 35.7 Å². The van der Waals surface area contributed by atoms with Gasteiger partial charge in [-0.2, -0.15) is 0 Å². The van der Waals surface area contributed by atoms with E-state index in [9.17, 15) is 14.4 Å². The molecule has 2 amide bonds. The van der Waals surface area contributed by atoms with Crippen LogP contribution in [0.1, 0.15) is 76.5 Å². The first kappa shape index (κ1) is 33.9. The predicted octanol–water partition coefficient (Wildman–Crippen LogP) is 6.21. The van der Waals surface area contributed by atoms with Crippen LogP contribution in [0.3, 0.4) is 0 Å². The third-order valence-electron chi connectivity index (χ3n) is 10.0. The fourth-order valence-corrected chi connectivity index (χ4v) is 8.03. The number of esters is 1. The van der Waals surface area contributed by atoms with E-state index in [4.69, 9.17) is 24.2 Å². The Kier molecular flexibility index (Phi) is 9.79. The highest BCUT2D eigenvalue weighted by Gasteiger charge is 2.62. The van der Waals surface area contributed by atoms with Gasteiger partial charge in [-0.15, -0.1) is 11.3 Å². The van der Waals surface area contributed by atoms with Crippen LogP contribution in [0.4, 0.5) is 0 Å². The molecule has 0 saturated heterocycles. The molecule has 2 fully saturated rings. The molecule has 0 spiro atoms. The molecule has 3 aromatic rings. The van der Waals surface area contributed by atoms with Crippen LogP contribution in [0.2, 0.25) is 0 Å². The van der Waals surface area contributed by atoms with E-state index in [2.05, 4.69) is 30.6 Å². The number of pyridine rings is 1. The summed E-state index contributed by atoms with van der Waals surface area (Å²) in [6, 6.07) is 5.76. The van der Waals surface area contributed by atoms with Crippen molar-refractivity contribution in [1.29, 1.82) is 0 Å². The lowest BCUT2D eigenvalue weighted by atomic mass is 9.93. The molecule has 6 rings (SSSR count). The van der Waals surface area contributed by atoms with Crippen molar-refractivity contribution in [3.8, 4) is 22.2 Å². The Labute approximate surface area is 286 Å². The SMILES string of the molecule is CCOC(=O)C12CC1/C=C\CCCCN(C)C(=O)[C@@H]1C[C@H](Oc3cc(-c4nc(C(C)C)cs4)nc4c(C)c(OC)ccc34)CC1C(=O)N2. The second-order valence-electron chi connectivity index (χ2n) is 13.6. The minimum Gasteiger partial charge on any atom is -0.496 e. The first-order valence-corrected chi connectivity index (χ1v) is 18.0. The lowest BCUT2D eigenvalue weighted by Gasteiger charge is -2.26. The monoisotopic (exact) mass is 674 g/mol. The van der Waals surface area contributed by atoms with E-state index in [1.54, 1.807) is 30.3 Å². The maximum Gasteiger partial charge on any atom is 0.332 e. The zero-order valence-electron chi connectivity index (χ0n) is 28.7. The number of amides is 2. The molecule has 3 unspecified atom stereocenters. The van der Waals surface area contributed by atoms with Crippen molar-refractivity contribution >= 4 is 40.0 Å². The van der Waals surface area contributed by atoms with Gasteiger partial charge in [0, 0.05) is 41.9 Å². The molecule has 2 aliphatic carbocycles. The Bertz CT molecular complexity index is 1740. The molecule has 10 nitrogen and oxygen atoms in total. The van der Waals surface area contributed by atoms with Crippen LogP contribution in [-0.4, -0.2) is 71.6 Å². The third kappa shape index (κ3) is 6.53. The molecule has 48 heavy (non-hydrogen) atoms. The highest BCUT2D eigenvalue weighted by Crippen LogP contribution is 2.47. The van der Waals surface area contributed by atoms with Crippen LogP contribution in [0.25, 0.3) is 21.6 Å². The summed E-state index contributed by atoms with van der Waals surface area (Å²) < 4.78 is 17.8. The molecule has 0 radical (unpaired) electrons. The van der Waals surface area contributed by atoms with Crippen molar-refractivity contribution in [1.82, 2.24) is 20.2 Å². The van der Waals surface area contributed by atoms with Gasteiger partial charge < -0.3 is 24.4 Å². The number of benzene rings is 1. The van der Waals surface area contributed by atoms with Gasteiger partial charge in [-0.05, 0) is 70.4 Å². The number of aryl methyl sites for hydroxylation is 1. The van der Waals surface area contributed by atoms with Gasteiger partial charge in [0.1, 0.15) is 33.8 Å². The van der Waals surface area contributed by atoms with E-state index in [0.717, 1.165) is 52.2 Å². The van der Waals surface area contributed by atoms with Crippen molar-refractivity contribution in [3.63, 3.8) is 0 Å². The van der Waals surface area contributed by atoms with Gasteiger partial charge in [0.15, 0.2) is 0 Å². The first-order chi connectivity index (χ1) is 23.1. The van der Waals surface area contributed by atoms with Crippen molar-refractivity contribution in [2.24, 2.45) is 17.8 Å². The summed E-state index contributed by atoms with van der Waals surface area (Å²) in [5.74, 6) is -0.551.